The number of hydrogen-bond donors (Lipinski definition) is 2. The van der Waals surface area contributed by atoms with Crippen molar-refractivity contribution < 1.29 is 5.11 Å². The van der Waals surface area contributed by atoms with Gasteiger partial charge in [0.1, 0.15) is 50.8 Å². The largest absolute Gasteiger partial charge is 0.508 e. The van der Waals surface area contributed by atoms with Gasteiger partial charge >= 0.3 is 0 Å². The van der Waals surface area contributed by atoms with E-state index in [1.54, 1.807) is 19.4 Å². The Labute approximate surface area is 205 Å². The van der Waals surface area contributed by atoms with Gasteiger partial charge < -0.3 is 15.0 Å². The lowest BCUT2D eigenvalue weighted by Crippen LogP contribution is -2.50. The molecular formula is C24H17B5N4O. The fraction of sp³-hybridized carbons (Fsp3) is 0.0833. The van der Waals surface area contributed by atoms with Crippen molar-refractivity contribution in [1.82, 2.24) is 14.5 Å². The average Bonchev–Trinajstić information content (AvgIpc) is 3.26. The van der Waals surface area contributed by atoms with Gasteiger partial charge in [0, 0.05) is 35.5 Å². The number of benzene rings is 2. The fourth-order valence-electron chi connectivity index (χ4n) is 3.77. The standard InChI is InChI=1S/C24H17B5N4O/c1-11-18(21(27)23(29)22(28)19(11)25)24(34)20(26)12(2)32-17-7-15-6-13(4-5-14(15)8-31-17)16-9-30-10-33(16)3/h4-10,34H,2H2,1,3H3,(H,31,32)/b24-20+. The zero-order valence-electron chi connectivity index (χ0n) is 18.9. The van der Waals surface area contributed by atoms with Gasteiger partial charge in [0.15, 0.2) is 0 Å². The Kier molecular flexibility index (Phi) is 6.26. The first-order valence-corrected chi connectivity index (χ1v) is 10.3. The maximum Gasteiger partial charge on any atom is 0.130 e. The van der Waals surface area contributed by atoms with Crippen molar-refractivity contribution in [3.05, 3.63) is 71.9 Å². The van der Waals surface area contributed by atoms with Gasteiger partial charge in [0.05, 0.1) is 18.2 Å². The average molecular weight is 431 g/mol. The van der Waals surface area contributed by atoms with Gasteiger partial charge in [0.2, 0.25) is 0 Å². The number of aromatic nitrogens is 3. The summed E-state index contributed by atoms with van der Waals surface area (Å²) in [4.78, 5) is 8.59. The molecule has 154 valence electrons. The summed E-state index contributed by atoms with van der Waals surface area (Å²) in [6, 6.07) is 7.92. The first kappa shape index (κ1) is 23.6. The van der Waals surface area contributed by atoms with E-state index in [-0.39, 0.29) is 44.3 Å². The zero-order valence-corrected chi connectivity index (χ0v) is 18.9. The normalized spacial score (nSPS) is 11.9. The predicted octanol–water partition coefficient (Wildman–Crippen LogP) is 0.140. The number of fused-ring (bicyclic) bond motifs is 1. The van der Waals surface area contributed by atoms with Crippen molar-refractivity contribution in [2.75, 3.05) is 5.32 Å². The summed E-state index contributed by atoms with van der Waals surface area (Å²) in [6.45, 7) is 5.60. The molecule has 5 nitrogen and oxygen atoms in total. The second-order valence-electron chi connectivity index (χ2n) is 8.04. The monoisotopic (exact) mass is 432 g/mol. The minimum atomic E-state index is -0.315. The van der Waals surface area contributed by atoms with Crippen molar-refractivity contribution >= 4 is 83.4 Å². The number of nitrogens with one attached hydrogen (secondary N) is 1. The smallest absolute Gasteiger partial charge is 0.130 e. The first-order chi connectivity index (χ1) is 16.1. The van der Waals surface area contributed by atoms with Gasteiger partial charge in [0.25, 0.3) is 0 Å². The highest BCUT2D eigenvalue weighted by molar-refractivity contribution is 6.63. The summed E-state index contributed by atoms with van der Waals surface area (Å²) in [5.41, 5.74) is 3.41. The van der Waals surface area contributed by atoms with Gasteiger partial charge in [-0.25, -0.2) is 9.97 Å². The Morgan fingerprint density at radius 1 is 1.00 bits per heavy atom. The molecule has 0 amide bonds. The third-order valence-corrected chi connectivity index (χ3v) is 5.85. The Balaban J connectivity index is 1.68. The van der Waals surface area contributed by atoms with Crippen LogP contribution in [0.25, 0.3) is 27.8 Å². The molecule has 4 rings (SSSR count). The van der Waals surface area contributed by atoms with Gasteiger partial charge in [-0.15, -0.1) is 16.4 Å². The maximum atomic E-state index is 10.9. The Morgan fingerprint density at radius 2 is 1.71 bits per heavy atom. The number of aliphatic hydroxyl groups is 1. The summed E-state index contributed by atoms with van der Waals surface area (Å²) in [5, 5.41) is 15.8. The van der Waals surface area contributed by atoms with Crippen LogP contribution in [0.2, 0.25) is 0 Å². The minimum Gasteiger partial charge on any atom is -0.508 e. The molecule has 0 fully saturated rings. The molecule has 0 spiro atoms. The molecule has 0 aliphatic heterocycles. The molecule has 34 heavy (non-hydrogen) atoms. The number of aryl methyl sites for hydroxylation is 1. The quantitative estimate of drug-likeness (QED) is 0.268. The van der Waals surface area contributed by atoms with E-state index in [1.165, 1.54) is 0 Å². The van der Waals surface area contributed by atoms with Crippen molar-refractivity contribution in [3.63, 3.8) is 0 Å². The minimum absolute atomic E-state index is 0.0381. The fourth-order valence-corrected chi connectivity index (χ4v) is 3.77. The third kappa shape index (κ3) is 4.09. The molecule has 0 aliphatic rings. The molecule has 0 saturated heterocycles. The molecule has 0 saturated carbocycles. The van der Waals surface area contributed by atoms with Gasteiger partial charge in [-0.2, -0.15) is 0 Å². The highest BCUT2D eigenvalue weighted by Gasteiger charge is 2.16. The van der Waals surface area contributed by atoms with Crippen LogP contribution < -0.4 is 27.2 Å². The Bertz CT molecular complexity index is 1460. The van der Waals surface area contributed by atoms with Crippen LogP contribution in [0.15, 0.2) is 60.7 Å². The molecule has 0 bridgehead atoms. The van der Waals surface area contributed by atoms with E-state index in [4.69, 9.17) is 39.2 Å². The van der Waals surface area contributed by atoms with Crippen molar-refractivity contribution in [2.24, 2.45) is 7.05 Å². The molecular weight excluding hydrogens is 414 g/mol. The van der Waals surface area contributed by atoms with Gasteiger partial charge in [-0.3, -0.25) is 0 Å². The number of nitrogens with zero attached hydrogens (tertiary/aromatic N) is 3. The highest BCUT2D eigenvalue weighted by atomic mass is 16.3. The number of hydrogen-bond acceptors (Lipinski definition) is 4. The number of imidazole rings is 1. The molecule has 2 N–H and O–H groups in total. The second kappa shape index (κ2) is 9.01. The predicted molar refractivity (Wildman–Crippen MR) is 145 cm³/mol. The zero-order chi connectivity index (χ0) is 24.7. The SMILES string of the molecule is [B]/C(C(=C)Nc1cc2cc(-c3cncn3C)ccc2cn1)=C(/O)c1c([B])c([B])c([B])c([B])c1C. The summed E-state index contributed by atoms with van der Waals surface area (Å²) in [6.07, 6.45) is 5.30. The van der Waals surface area contributed by atoms with Crippen LogP contribution >= 0.6 is 0 Å². The summed E-state index contributed by atoms with van der Waals surface area (Å²) >= 11 is 0. The van der Waals surface area contributed by atoms with E-state index >= 15 is 0 Å². The summed E-state index contributed by atoms with van der Waals surface area (Å²) < 4.78 is 1.95. The second-order valence-corrected chi connectivity index (χ2v) is 8.04. The number of anilines is 1. The topological polar surface area (TPSA) is 63.0 Å². The highest BCUT2D eigenvalue weighted by Crippen LogP contribution is 2.26. The number of rotatable bonds is 5. The van der Waals surface area contributed by atoms with Crippen LogP contribution in [0.5, 0.6) is 0 Å². The molecule has 0 unspecified atom stereocenters. The van der Waals surface area contributed by atoms with E-state index in [2.05, 4.69) is 21.9 Å². The van der Waals surface area contributed by atoms with Crippen molar-refractivity contribution in [2.45, 2.75) is 6.92 Å². The molecule has 2 heterocycles. The lowest BCUT2D eigenvalue weighted by atomic mass is 9.63. The summed E-state index contributed by atoms with van der Waals surface area (Å²) in [5.74, 6) is 0.182. The van der Waals surface area contributed by atoms with E-state index in [1.807, 2.05) is 42.1 Å². The Hall–Kier alpha value is -3.54. The molecule has 0 aliphatic carbocycles. The summed E-state index contributed by atoms with van der Waals surface area (Å²) in [7, 11) is 32.1. The van der Waals surface area contributed by atoms with Crippen LogP contribution in [0, 0.1) is 6.92 Å². The van der Waals surface area contributed by atoms with Gasteiger partial charge in [-0.1, -0.05) is 24.2 Å². The van der Waals surface area contributed by atoms with Crippen LogP contribution in [-0.2, 0) is 7.05 Å². The van der Waals surface area contributed by atoms with E-state index in [0.29, 0.717) is 11.4 Å². The first-order valence-electron chi connectivity index (χ1n) is 10.3. The Morgan fingerprint density at radius 3 is 2.38 bits per heavy atom. The van der Waals surface area contributed by atoms with E-state index in [9.17, 15) is 5.11 Å². The van der Waals surface area contributed by atoms with Gasteiger partial charge in [-0.05, 0) is 35.5 Å². The van der Waals surface area contributed by atoms with Crippen molar-refractivity contribution in [3.8, 4) is 11.3 Å². The lowest BCUT2D eigenvalue weighted by Gasteiger charge is -2.22. The number of aliphatic hydroxyl groups excluding tert-OH is 1. The van der Waals surface area contributed by atoms with Crippen molar-refractivity contribution in [1.29, 1.82) is 0 Å². The van der Waals surface area contributed by atoms with Crippen LogP contribution in [0.1, 0.15) is 11.1 Å². The van der Waals surface area contributed by atoms with Crippen LogP contribution in [0.4, 0.5) is 5.82 Å². The molecule has 10 heteroatoms. The lowest BCUT2D eigenvalue weighted by molar-refractivity contribution is 0.510. The molecule has 10 radical (unpaired) electrons. The molecule has 4 aromatic rings. The third-order valence-electron chi connectivity index (χ3n) is 5.85. The van der Waals surface area contributed by atoms with Crippen LogP contribution in [-0.4, -0.2) is 58.9 Å². The molecule has 0 atom stereocenters. The number of pyridine rings is 1. The van der Waals surface area contributed by atoms with Crippen LogP contribution in [0.3, 0.4) is 0 Å². The van der Waals surface area contributed by atoms with E-state index in [0.717, 1.165) is 22.0 Å². The maximum absolute atomic E-state index is 10.9. The van der Waals surface area contributed by atoms with E-state index < -0.39 is 0 Å². The number of allylic oxidation sites excluding steroid dienone is 1. The molecule has 2 aromatic carbocycles. The molecule has 2 aromatic heterocycles.